The number of H-pyrrole nitrogens is 1. The summed E-state index contributed by atoms with van der Waals surface area (Å²) < 4.78 is 0. The molecule has 1 aromatic heterocycles. The minimum Gasteiger partial charge on any atom is -0.390 e. The average Bonchev–Trinajstić information content (AvgIpc) is 2.76. The number of aromatic amines is 1. The van der Waals surface area contributed by atoms with Crippen molar-refractivity contribution in [2.45, 2.75) is 24.2 Å². The first kappa shape index (κ1) is 11.2. The average molecular weight is 234 g/mol. The predicted molar refractivity (Wildman–Crippen MR) is 65.3 cm³/mol. The highest BCUT2D eigenvalue weighted by molar-refractivity contribution is 7.98. The van der Waals surface area contributed by atoms with Crippen LogP contribution in [0, 0.1) is 6.92 Å². The minimum absolute atomic E-state index is 0.0159. The number of aliphatic hydroxyl groups excluding tert-OH is 1. The fourth-order valence-corrected chi connectivity index (χ4v) is 2.33. The Bertz CT molecular complexity index is 468. The SMILES string of the molecule is Cc1ccccc1SCc1ncc(CO)[nH]1. The Kier molecular flexibility index (Phi) is 3.64. The molecule has 0 aliphatic rings. The van der Waals surface area contributed by atoms with Gasteiger partial charge in [0.25, 0.3) is 0 Å². The maximum Gasteiger partial charge on any atom is 0.116 e. The molecular formula is C12H14N2OS. The number of nitrogens with zero attached hydrogens (tertiary/aromatic N) is 1. The number of hydrogen-bond acceptors (Lipinski definition) is 3. The van der Waals surface area contributed by atoms with Crippen LogP contribution in [0.4, 0.5) is 0 Å². The molecule has 4 heteroatoms. The van der Waals surface area contributed by atoms with Crippen LogP contribution >= 0.6 is 11.8 Å². The highest BCUT2D eigenvalue weighted by atomic mass is 32.2. The second-order valence-electron chi connectivity index (χ2n) is 3.57. The maximum absolute atomic E-state index is 8.90. The number of benzene rings is 1. The summed E-state index contributed by atoms with van der Waals surface area (Å²) in [4.78, 5) is 8.53. The maximum atomic E-state index is 8.90. The number of nitrogens with one attached hydrogen (secondary N) is 1. The van der Waals surface area contributed by atoms with E-state index in [-0.39, 0.29) is 6.61 Å². The predicted octanol–water partition coefficient (Wildman–Crippen LogP) is 2.50. The molecule has 0 spiro atoms. The third kappa shape index (κ3) is 2.65. The van der Waals surface area contributed by atoms with Crippen LogP contribution in [0.1, 0.15) is 17.1 Å². The lowest BCUT2D eigenvalue weighted by Gasteiger charge is -2.02. The van der Waals surface area contributed by atoms with Crippen molar-refractivity contribution in [3.05, 3.63) is 47.5 Å². The summed E-state index contributed by atoms with van der Waals surface area (Å²) in [7, 11) is 0. The highest BCUT2D eigenvalue weighted by Gasteiger charge is 2.02. The van der Waals surface area contributed by atoms with Crippen LogP contribution < -0.4 is 0 Å². The molecule has 2 aromatic rings. The van der Waals surface area contributed by atoms with Gasteiger partial charge in [0.15, 0.2) is 0 Å². The Morgan fingerprint density at radius 1 is 1.38 bits per heavy atom. The second-order valence-corrected chi connectivity index (χ2v) is 4.58. The Labute approximate surface area is 98.9 Å². The van der Waals surface area contributed by atoms with E-state index in [2.05, 4.69) is 29.0 Å². The topological polar surface area (TPSA) is 48.9 Å². The first-order chi connectivity index (χ1) is 7.79. The summed E-state index contributed by atoms with van der Waals surface area (Å²) in [6.07, 6.45) is 1.67. The van der Waals surface area contributed by atoms with Crippen molar-refractivity contribution in [1.29, 1.82) is 0 Å². The number of aromatic nitrogens is 2. The minimum atomic E-state index is 0.0159. The number of rotatable bonds is 4. The van der Waals surface area contributed by atoms with Crippen LogP contribution in [0.15, 0.2) is 35.4 Å². The van der Waals surface area contributed by atoms with E-state index in [1.54, 1.807) is 18.0 Å². The second kappa shape index (κ2) is 5.18. The van der Waals surface area contributed by atoms with E-state index in [0.29, 0.717) is 0 Å². The third-order valence-electron chi connectivity index (χ3n) is 2.31. The molecule has 0 atom stereocenters. The van der Waals surface area contributed by atoms with E-state index in [0.717, 1.165) is 17.3 Å². The van der Waals surface area contributed by atoms with Crippen molar-refractivity contribution in [3.8, 4) is 0 Å². The molecule has 0 aliphatic heterocycles. The van der Waals surface area contributed by atoms with E-state index in [1.807, 2.05) is 12.1 Å². The molecule has 0 saturated heterocycles. The quantitative estimate of drug-likeness (QED) is 0.799. The zero-order valence-electron chi connectivity index (χ0n) is 9.10. The first-order valence-electron chi connectivity index (χ1n) is 5.11. The molecule has 0 fully saturated rings. The summed E-state index contributed by atoms with van der Waals surface area (Å²) in [6, 6.07) is 8.28. The molecule has 0 aliphatic carbocycles. The van der Waals surface area contributed by atoms with Crippen molar-refractivity contribution in [2.24, 2.45) is 0 Å². The monoisotopic (exact) mass is 234 g/mol. The van der Waals surface area contributed by atoms with E-state index in [1.165, 1.54) is 10.5 Å². The standard InChI is InChI=1S/C12H14N2OS/c1-9-4-2-3-5-11(9)16-8-12-13-6-10(7-15)14-12/h2-6,15H,7-8H2,1H3,(H,13,14). The molecule has 2 rings (SSSR count). The zero-order chi connectivity index (χ0) is 11.4. The summed E-state index contributed by atoms with van der Waals surface area (Å²) in [5.41, 5.74) is 2.04. The summed E-state index contributed by atoms with van der Waals surface area (Å²) >= 11 is 1.75. The van der Waals surface area contributed by atoms with Gasteiger partial charge >= 0.3 is 0 Å². The molecule has 0 unspecified atom stereocenters. The molecule has 0 amide bonds. The Balaban J connectivity index is 1.99. The van der Waals surface area contributed by atoms with E-state index in [4.69, 9.17) is 5.11 Å². The first-order valence-corrected chi connectivity index (χ1v) is 6.10. The van der Waals surface area contributed by atoms with Gasteiger partial charge in [0.1, 0.15) is 5.82 Å². The lowest BCUT2D eigenvalue weighted by Crippen LogP contribution is -1.87. The molecule has 84 valence electrons. The third-order valence-corrected chi connectivity index (χ3v) is 3.50. The molecular weight excluding hydrogens is 220 g/mol. The van der Waals surface area contributed by atoms with Crippen molar-refractivity contribution in [3.63, 3.8) is 0 Å². The van der Waals surface area contributed by atoms with Gasteiger partial charge in [0.05, 0.1) is 24.3 Å². The fraction of sp³-hybridized carbons (Fsp3) is 0.250. The van der Waals surface area contributed by atoms with Crippen molar-refractivity contribution < 1.29 is 5.11 Å². The van der Waals surface area contributed by atoms with Crippen LogP contribution in [0.2, 0.25) is 0 Å². The Morgan fingerprint density at radius 3 is 2.88 bits per heavy atom. The fourth-order valence-electron chi connectivity index (χ4n) is 1.42. The Hall–Kier alpha value is -1.26. The number of thioether (sulfide) groups is 1. The number of hydrogen-bond donors (Lipinski definition) is 2. The van der Waals surface area contributed by atoms with Gasteiger partial charge in [0.2, 0.25) is 0 Å². The van der Waals surface area contributed by atoms with Crippen LogP contribution in [0.5, 0.6) is 0 Å². The van der Waals surface area contributed by atoms with Crippen LogP contribution in [-0.4, -0.2) is 15.1 Å². The Morgan fingerprint density at radius 2 is 2.19 bits per heavy atom. The van der Waals surface area contributed by atoms with E-state index < -0.39 is 0 Å². The van der Waals surface area contributed by atoms with Crippen LogP contribution in [-0.2, 0) is 12.4 Å². The van der Waals surface area contributed by atoms with Gasteiger partial charge in [-0.3, -0.25) is 0 Å². The number of aliphatic hydroxyl groups is 1. The van der Waals surface area contributed by atoms with E-state index >= 15 is 0 Å². The van der Waals surface area contributed by atoms with Crippen molar-refractivity contribution in [1.82, 2.24) is 9.97 Å². The van der Waals surface area contributed by atoms with Gasteiger partial charge in [-0.05, 0) is 18.6 Å². The molecule has 16 heavy (non-hydrogen) atoms. The summed E-state index contributed by atoms with van der Waals surface area (Å²) in [6.45, 7) is 2.12. The smallest absolute Gasteiger partial charge is 0.116 e. The van der Waals surface area contributed by atoms with Gasteiger partial charge in [-0.2, -0.15) is 0 Å². The van der Waals surface area contributed by atoms with Crippen molar-refractivity contribution in [2.75, 3.05) is 0 Å². The lowest BCUT2D eigenvalue weighted by atomic mass is 10.2. The van der Waals surface area contributed by atoms with Crippen molar-refractivity contribution >= 4 is 11.8 Å². The van der Waals surface area contributed by atoms with E-state index in [9.17, 15) is 0 Å². The van der Waals surface area contributed by atoms with Gasteiger partial charge in [-0.15, -0.1) is 11.8 Å². The summed E-state index contributed by atoms with van der Waals surface area (Å²) in [5, 5.41) is 8.90. The van der Waals surface area contributed by atoms with Crippen LogP contribution in [0.25, 0.3) is 0 Å². The number of imidazole rings is 1. The number of aryl methyl sites for hydroxylation is 1. The molecule has 0 saturated carbocycles. The zero-order valence-corrected chi connectivity index (χ0v) is 9.92. The largest absolute Gasteiger partial charge is 0.390 e. The normalized spacial score (nSPS) is 10.6. The van der Waals surface area contributed by atoms with Crippen LogP contribution in [0.3, 0.4) is 0 Å². The lowest BCUT2D eigenvalue weighted by molar-refractivity contribution is 0.277. The molecule has 1 aromatic carbocycles. The molecule has 3 nitrogen and oxygen atoms in total. The molecule has 0 radical (unpaired) electrons. The van der Waals surface area contributed by atoms with Gasteiger partial charge in [-0.25, -0.2) is 4.98 Å². The highest BCUT2D eigenvalue weighted by Crippen LogP contribution is 2.24. The molecule has 2 N–H and O–H groups in total. The molecule has 0 bridgehead atoms. The molecule has 1 heterocycles. The summed E-state index contributed by atoms with van der Waals surface area (Å²) in [5.74, 6) is 1.70. The van der Waals surface area contributed by atoms with Gasteiger partial charge in [0, 0.05) is 4.90 Å². The van der Waals surface area contributed by atoms with Gasteiger partial charge in [-0.1, -0.05) is 18.2 Å². The van der Waals surface area contributed by atoms with Gasteiger partial charge < -0.3 is 10.1 Å².